The number of carbonyl (C=O) groups is 1. The van der Waals surface area contributed by atoms with Crippen LogP contribution in [0, 0.1) is 0 Å². The van der Waals surface area contributed by atoms with Gasteiger partial charge in [-0.15, -0.1) is 6.58 Å². The molecule has 0 aliphatic heterocycles. The van der Waals surface area contributed by atoms with Gasteiger partial charge in [0.1, 0.15) is 12.0 Å². The lowest BCUT2D eigenvalue weighted by molar-refractivity contribution is 0.0600. The summed E-state index contributed by atoms with van der Waals surface area (Å²) in [6.07, 6.45) is 3.14. The Kier molecular flexibility index (Phi) is 3.94. The highest BCUT2D eigenvalue weighted by atomic mass is 16.5. The SMILES string of the molecule is C=CCNCc1cc(C(=O)OC)co1. The number of rotatable bonds is 5. The summed E-state index contributed by atoms with van der Waals surface area (Å²) in [7, 11) is 1.34. The van der Waals surface area contributed by atoms with Crippen LogP contribution in [-0.2, 0) is 11.3 Å². The number of hydrogen-bond acceptors (Lipinski definition) is 4. The fourth-order valence-electron chi connectivity index (χ4n) is 0.996. The van der Waals surface area contributed by atoms with Crippen LogP contribution in [0.15, 0.2) is 29.4 Å². The molecule has 0 aliphatic rings. The molecule has 0 aromatic carbocycles. The van der Waals surface area contributed by atoms with Gasteiger partial charge in [-0.3, -0.25) is 0 Å². The van der Waals surface area contributed by atoms with Crippen LogP contribution >= 0.6 is 0 Å². The third-order valence-electron chi connectivity index (χ3n) is 1.66. The molecule has 4 heteroatoms. The molecule has 0 spiro atoms. The van der Waals surface area contributed by atoms with Crippen LogP contribution in [0.1, 0.15) is 16.1 Å². The first-order valence-electron chi connectivity index (χ1n) is 4.25. The maximum Gasteiger partial charge on any atom is 0.341 e. The van der Waals surface area contributed by atoms with Crippen molar-refractivity contribution < 1.29 is 13.9 Å². The average Bonchev–Trinajstić information content (AvgIpc) is 2.66. The van der Waals surface area contributed by atoms with Crippen LogP contribution in [0.4, 0.5) is 0 Å². The van der Waals surface area contributed by atoms with Crippen LogP contribution in [-0.4, -0.2) is 19.6 Å². The van der Waals surface area contributed by atoms with E-state index < -0.39 is 0 Å². The minimum absolute atomic E-state index is 0.385. The van der Waals surface area contributed by atoms with Gasteiger partial charge < -0.3 is 14.5 Å². The van der Waals surface area contributed by atoms with Crippen molar-refractivity contribution in [2.45, 2.75) is 6.54 Å². The second-order valence-electron chi connectivity index (χ2n) is 2.71. The van der Waals surface area contributed by atoms with E-state index in [1.165, 1.54) is 13.4 Å². The van der Waals surface area contributed by atoms with Crippen molar-refractivity contribution in [3.05, 3.63) is 36.3 Å². The molecule has 1 N–H and O–H groups in total. The number of esters is 1. The van der Waals surface area contributed by atoms with Crippen LogP contribution < -0.4 is 5.32 Å². The van der Waals surface area contributed by atoms with E-state index in [2.05, 4.69) is 16.6 Å². The molecule has 0 atom stereocenters. The Hall–Kier alpha value is -1.55. The zero-order chi connectivity index (χ0) is 10.4. The zero-order valence-corrected chi connectivity index (χ0v) is 8.08. The van der Waals surface area contributed by atoms with Crippen molar-refractivity contribution in [3.63, 3.8) is 0 Å². The fourth-order valence-corrected chi connectivity index (χ4v) is 0.996. The summed E-state index contributed by atoms with van der Waals surface area (Å²) in [5, 5.41) is 3.06. The third-order valence-corrected chi connectivity index (χ3v) is 1.66. The highest BCUT2D eigenvalue weighted by molar-refractivity contribution is 5.88. The average molecular weight is 195 g/mol. The van der Waals surface area contributed by atoms with Crippen molar-refractivity contribution >= 4 is 5.97 Å². The number of carbonyl (C=O) groups excluding carboxylic acids is 1. The van der Waals surface area contributed by atoms with Gasteiger partial charge in [0, 0.05) is 6.54 Å². The lowest BCUT2D eigenvalue weighted by Gasteiger charge is -1.95. The van der Waals surface area contributed by atoms with Crippen molar-refractivity contribution in [2.75, 3.05) is 13.7 Å². The molecule has 0 radical (unpaired) electrons. The topological polar surface area (TPSA) is 51.5 Å². The monoisotopic (exact) mass is 195 g/mol. The van der Waals surface area contributed by atoms with Crippen molar-refractivity contribution in [3.8, 4) is 0 Å². The van der Waals surface area contributed by atoms with E-state index in [4.69, 9.17) is 4.42 Å². The molecule has 76 valence electrons. The Morgan fingerprint density at radius 3 is 3.21 bits per heavy atom. The number of nitrogens with one attached hydrogen (secondary N) is 1. The van der Waals surface area contributed by atoms with Gasteiger partial charge in [-0.1, -0.05) is 6.08 Å². The van der Waals surface area contributed by atoms with Crippen LogP contribution in [0.3, 0.4) is 0 Å². The summed E-state index contributed by atoms with van der Waals surface area (Å²) >= 11 is 0. The van der Waals surface area contributed by atoms with E-state index in [0.717, 1.165) is 0 Å². The lowest BCUT2D eigenvalue weighted by Crippen LogP contribution is -2.11. The Balaban J connectivity index is 2.50. The summed E-state index contributed by atoms with van der Waals surface area (Å²) in [4.78, 5) is 11.0. The molecule has 0 bridgehead atoms. The van der Waals surface area contributed by atoms with E-state index in [-0.39, 0.29) is 5.97 Å². The summed E-state index contributed by atoms with van der Waals surface area (Å²) in [6, 6.07) is 1.65. The number of ether oxygens (including phenoxy) is 1. The lowest BCUT2D eigenvalue weighted by atomic mass is 10.3. The Morgan fingerprint density at radius 1 is 1.79 bits per heavy atom. The molecule has 0 saturated heterocycles. The predicted molar refractivity (Wildman–Crippen MR) is 52.0 cm³/mol. The van der Waals surface area contributed by atoms with Gasteiger partial charge >= 0.3 is 5.97 Å². The molecule has 1 aromatic heterocycles. The quantitative estimate of drug-likeness (QED) is 0.437. The highest BCUT2D eigenvalue weighted by Gasteiger charge is 2.09. The number of furan rings is 1. The van der Waals surface area contributed by atoms with Crippen LogP contribution in [0.2, 0.25) is 0 Å². The number of methoxy groups -OCH3 is 1. The molecule has 4 nitrogen and oxygen atoms in total. The van der Waals surface area contributed by atoms with Gasteiger partial charge in [0.25, 0.3) is 0 Å². The van der Waals surface area contributed by atoms with E-state index in [9.17, 15) is 4.79 Å². The molecular formula is C10H13NO3. The molecule has 0 aliphatic carbocycles. The van der Waals surface area contributed by atoms with Crippen LogP contribution in [0.25, 0.3) is 0 Å². The second kappa shape index (κ2) is 5.24. The normalized spacial score (nSPS) is 9.79. The standard InChI is InChI=1S/C10H13NO3/c1-3-4-11-6-9-5-8(7-14-9)10(12)13-2/h3,5,7,11H,1,4,6H2,2H3. The first kappa shape index (κ1) is 10.5. The van der Waals surface area contributed by atoms with Gasteiger partial charge in [-0.25, -0.2) is 4.79 Å². The predicted octanol–water partition coefficient (Wildman–Crippen LogP) is 1.34. The van der Waals surface area contributed by atoms with Gasteiger partial charge in [-0.2, -0.15) is 0 Å². The summed E-state index contributed by atoms with van der Waals surface area (Å²) in [6.45, 7) is 4.85. The van der Waals surface area contributed by atoms with Crippen molar-refractivity contribution in [2.24, 2.45) is 0 Å². The fraction of sp³-hybridized carbons (Fsp3) is 0.300. The summed E-state index contributed by atoms with van der Waals surface area (Å²) in [5.74, 6) is 0.316. The maximum atomic E-state index is 11.0. The molecule has 0 amide bonds. The third kappa shape index (κ3) is 2.74. The minimum atomic E-state index is -0.385. The Morgan fingerprint density at radius 2 is 2.57 bits per heavy atom. The van der Waals surface area contributed by atoms with Gasteiger partial charge in [0.15, 0.2) is 0 Å². The Bertz CT molecular complexity index is 317. The first-order valence-corrected chi connectivity index (χ1v) is 4.25. The largest absolute Gasteiger partial charge is 0.467 e. The molecule has 14 heavy (non-hydrogen) atoms. The summed E-state index contributed by atoms with van der Waals surface area (Å²) < 4.78 is 9.68. The van der Waals surface area contributed by atoms with Crippen LogP contribution in [0.5, 0.6) is 0 Å². The minimum Gasteiger partial charge on any atom is -0.467 e. The van der Waals surface area contributed by atoms with E-state index >= 15 is 0 Å². The smallest absolute Gasteiger partial charge is 0.341 e. The van der Waals surface area contributed by atoms with E-state index in [1.54, 1.807) is 12.1 Å². The molecule has 0 saturated carbocycles. The Labute approximate surface area is 82.6 Å². The van der Waals surface area contributed by atoms with Crippen molar-refractivity contribution in [1.82, 2.24) is 5.32 Å². The molecule has 0 unspecified atom stereocenters. The maximum absolute atomic E-state index is 11.0. The van der Waals surface area contributed by atoms with Gasteiger partial charge in [-0.05, 0) is 6.07 Å². The highest BCUT2D eigenvalue weighted by Crippen LogP contribution is 2.08. The molecular weight excluding hydrogens is 182 g/mol. The van der Waals surface area contributed by atoms with Gasteiger partial charge in [0.2, 0.25) is 0 Å². The van der Waals surface area contributed by atoms with Crippen molar-refractivity contribution in [1.29, 1.82) is 0 Å². The molecule has 1 aromatic rings. The summed E-state index contributed by atoms with van der Waals surface area (Å²) in [5.41, 5.74) is 0.433. The molecule has 1 heterocycles. The number of hydrogen-bond donors (Lipinski definition) is 1. The second-order valence-corrected chi connectivity index (χ2v) is 2.71. The molecule has 1 rings (SSSR count). The van der Waals surface area contributed by atoms with E-state index in [1.807, 2.05) is 0 Å². The van der Waals surface area contributed by atoms with E-state index in [0.29, 0.717) is 24.4 Å². The first-order chi connectivity index (χ1) is 6.77. The zero-order valence-electron chi connectivity index (χ0n) is 8.08. The molecule has 0 fully saturated rings. The van der Waals surface area contributed by atoms with Gasteiger partial charge in [0.05, 0.1) is 19.2 Å².